The van der Waals surface area contributed by atoms with Crippen molar-refractivity contribution >= 4 is 17.6 Å². The molecule has 6 nitrogen and oxygen atoms in total. The number of aryl methyl sites for hydroxylation is 2. The Morgan fingerprint density at radius 1 is 1.06 bits per heavy atom. The van der Waals surface area contributed by atoms with Crippen LogP contribution in [0.1, 0.15) is 78.6 Å². The number of amides is 2. The number of hydrogen-bond acceptors (Lipinski definition) is 3. The van der Waals surface area contributed by atoms with Gasteiger partial charge in [0, 0.05) is 24.4 Å². The Balaban J connectivity index is 2.34. The molecule has 2 amide bonds. The molecule has 0 unspecified atom stereocenters. The third kappa shape index (κ3) is 7.72. The summed E-state index contributed by atoms with van der Waals surface area (Å²) in [4.78, 5) is 27.7. The minimum atomic E-state index is -0.218. The Morgan fingerprint density at radius 3 is 2.21 bits per heavy atom. The lowest BCUT2D eigenvalue weighted by molar-refractivity contribution is -0.136. The highest BCUT2D eigenvalue weighted by atomic mass is 16.2. The van der Waals surface area contributed by atoms with E-state index in [1.54, 1.807) is 9.58 Å². The van der Waals surface area contributed by atoms with Crippen molar-refractivity contribution in [1.82, 2.24) is 14.7 Å². The largest absolute Gasteiger partial charge is 0.333 e. The van der Waals surface area contributed by atoms with E-state index in [1.807, 2.05) is 45.9 Å². The molecule has 0 aliphatic rings. The average Bonchev–Trinajstić information content (AvgIpc) is 3.03. The fourth-order valence-corrected chi connectivity index (χ4v) is 3.68. The molecule has 1 heterocycles. The number of carbonyl (C=O) groups is 2. The van der Waals surface area contributed by atoms with Crippen LogP contribution < -0.4 is 5.32 Å². The van der Waals surface area contributed by atoms with Crippen LogP contribution in [0.5, 0.6) is 0 Å². The van der Waals surface area contributed by atoms with Crippen LogP contribution in [0, 0.1) is 25.2 Å². The molecule has 1 N–H and O–H groups in total. The third-order valence-corrected chi connectivity index (χ3v) is 5.28. The summed E-state index contributed by atoms with van der Waals surface area (Å²) in [6, 6.07) is 8.11. The lowest BCUT2D eigenvalue weighted by Crippen LogP contribution is -2.41. The minimum absolute atomic E-state index is 0.00428. The van der Waals surface area contributed by atoms with Gasteiger partial charge in [-0.3, -0.25) is 9.59 Å². The molecule has 0 aliphatic heterocycles. The van der Waals surface area contributed by atoms with Crippen LogP contribution in [0.15, 0.2) is 24.3 Å². The van der Waals surface area contributed by atoms with Gasteiger partial charge in [-0.25, -0.2) is 4.68 Å². The maximum Gasteiger partial charge on any atom is 0.245 e. The first-order valence-electron chi connectivity index (χ1n) is 11.8. The Bertz CT molecular complexity index is 991. The van der Waals surface area contributed by atoms with Gasteiger partial charge >= 0.3 is 0 Å². The van der Waals surface area contributed by atoms with Crippen molar-refractivity contribution in [2.75, 3.05) is 18.4 Å². The Kier molecular flexibility index (Phi) is 8.15. The van der Waals surface area contributed by atoms with E-state index < -0.39 is 0 Å². The molecule has 0 atom stereocenters. The number of anilines is 1. The second-order valence-electron chi connectivity index (χ2n) is 11.8. The Hall–Kier alpha value is -2.63. The molecule has 182 valence electrons. The Morgan fingerprint density at radius 2 is 1.70 bits per heavy atom. The highest BCUT2D eigenvalue weighted by Gasteiger charge is 2.26. The summed E-state index contributed by atoms with van der Waals surface area (Å²) in [7, 11) is 0. The van der Waals surface area contributed by atoms with Crippen LogP contribution in [0.3, 0.4) is 0 Å². The fraction of sp³-hybridized carbons (Fsp3) is 0.593. The van der Waals surface area contributed by atoms with Gasteiger partial charge < -0.3 is 10.2 Å². The molecular formula is C27H42N4O2. The van der Waals surface area contributed by atoms with Gasteiger partial charge in [0.25, 0.3) is 0 Å². The molecule has 6 heteroatoms. The number of nitrogens with zero attached hydrogens (tertiary/aromatic N) is 3. The van der Waals surface area contributed by atoms with Crippen LogP contribution >= 0.6 is 0 Å². The summed E-state index contributed by atoms with van der Waals surface area (Å²) >= 11 is 0. The SMILES string of the molecule is Cc1ccc(-n2nc(C(C)(C)C)cc2NC(=O)CN(CC(C)C)C(=O)CC(C)(C)C)c(C)c1. The van der Waals surface area contributed by atoms with E-state index in [2.05, 4.69) is 52.9 Å². The lowest BCUT2D eigenvalue weighted by Gasteiger charge is -2.27. The molecule has 33 heavy (non-hydrogen) atoms. The predicted octanol–water partition coefficient (Wildman–Crippen LogP) is 5.65. The molecule has 1 aromatic carbocycles. The predicted molar refractivity (Wildman–Crippen MR) is 136 cm³/mol. The highest BCUT2D eigenvalue weighted by Crippen LogP contribution is 2.28. The summed E-state index contributed by atoms with van der Waals surface area (Å²) in [5.41, 5.74) is 3.76. The van der Waals surface area contributed by atoms with Crippen LogP contribution in [0.4, 0.5) is 5.82 Å². The van der Waals surface area contributed by atoms with Crippen LogP contribution in [0.25, 0.3) is 5.69 Å². The standard InChI is InChI=1S/C27H42N4O2/c1-18(2)16-30(25(33)15-26(5,6)7)17-24(32)28-23-14-22(27(8,9)10)29-31(23)21-12-11-19(3)13-20(21)4/h11-14,18H,15-17H2,1-10H3,(H,28,32). The van der Waals surface area contributed by atoms with Crippen LogP contribution in [0.2, 0.25) is 0 Å². The van der Waals surface area contributed by atoms with Gasteiger partial charge in [0.05, 0.1) is 17.9 Å². The van der Waals surface area contributed by atoms with Crippen LogP contribution in [-0.2, 0) is 15.0 Å². The van der Waals surface area contributed by atoms with E-state index in [0.29, 0.717) is 18.8 Å². The quantitative estimate of drug-likeness (QED) is 0.588. The zero-order valence-electron chi connectivity index (χ0n) is 22.2. The second kappa shape index (κ2) is 10.1. The lowest BCUT2D eigenvalue weighted by atomic mass is 9.91. The number of aromatic nitrogens is 2. The molecule has 0 aliphatic carbocycles. The first-order chi connectivity index (χ1) is 15.1. The van der Waals surface area contributed by atoms with Crippen molar-refractivity contribution < 1.29 is 9.59 Å². The van der Waals surface area contributed by atoms with Gasteiger partial charge in [0.2, 0.25) is 11.8 Å². The second-order valence-corrected chi connectivity index (χ2v) is 11.8. The summed E-state index contributed by atoms with van der Waals surface area (Å²) in [5.74, 6) is 0.675. The van der Waals surface area contributed by atoms with Crippen molar-refractivity contribution in [1.29, 1.82) is 0 Å². The molecule has 0 fully saturated rings. The molecule has 0 saturated carbocycles. The molecule has 0 spiro atoms. The van der Waals surface area contributed by atoms with E-state index in [9.17, 15) is 9.59 Å². The normalized spacial score (nSPS) is 12.2. The van der Waals surface area contributed by atoms with Gasteiger partial charge in [0.15, 0.2) is 0 Å². The van der Waals surface area contributed by atoms with Crippen LogP contribution in [-0.4, -0.2) is 39.6 Å². The molecule has 2 rings (SSSR count). The number of hydrogen-bond donors (Lipinski definition) is 1. The van der Waals surface area contributed by atoms with Gasteiger partial charge in [0.1, 0.15) is 5.82 Å². The van der Waals surface area contributed by atoms with E-state index >= 15 is 0 Å². The van der Waals surface area contributed by atoms with Gasteiger partial charge in [-0.1, -0.05) is 73.1 Å². The smallest absolute Gasteiger partial charge is 0.245 e. The van der Waals surface area contributed by atoms with Gasteiger partial charge in [-0.2, -0.15) is 5.10 Å². The molecular weight excluding hydrogens is 412 g/mol. The number of benzene rings is 1. The molecule has 0 saturated heterocycles. The average molecular weight is 455 g/mol. The number of rotatable bonds is 7. The Labute approximate surface area is 199 Å². The van der Waals surface area contributed by atoms with Crippen molar-refractivity contribution in [2.45, 2.75) is 81.1 Å². The summed E-state index contributed by atoms with van der Waals surface area (Å²) in [6.07, 6.45) is 0.404. The number of carbonyl (C=O) groups excluding carboxylic acids is 2. The van der Waals surface area contributed by atoms with Crippen molar-refractivity contribution in [3.8, 4) is 5.69 Å². The molecule has 0 bridgehead atoms. The third-order valence-electron chi connectivity index (χ3n) is 5.28. The molecule has 1 aromatic heterocycles. The zero-order chi connectivity index (χ0) is 25.1. The first kappa shape index (κ1) is 26.6. The van der Waals surface area contributed by atoms with Gasteiger partial charge in [-0.05, 0) is 36.8 Å². The van der Waals surface area contributed by atoms with Crippen molar-refractivity contribution in [3.05, 3.63) is 41.1 Å². The van der Waals surface area contributed by atoms with E-state index in [-0.39, 0.29) is 35.1 Å². The van der Waals surface area contributed by atoms with E-state index in [0.717, 1.165) is 16.9 Å². The highest BCUT2D eigenvalue weighted by molar-refractivity contribution is 5.94. The van der Waals surface area contributed by atoms with E-state index in [4.69, 9.17) is 5.10 Å². The van der Waals surface area contributed by atoms with Gasteiger partial charge in [-0.15, -0.1) is 0 Å². The maximum absolute atomic E-state index is 13.1. The topological polar surface area (TPSA) is 67.2 Å². The summed E-state index contributed by atoms with van der Waals surface area (Å²) < 4.78 is 1.80. The number of nitrogens with one attached hydrogen (secondary N) is 1. The first-order valence-corrected chi connectivity index (χ1v) is 11.8. The zero-order valence-corrected chi connectivity index (χ0v) is 22.2. The molecule has 2 aromatic rings. The maximum atomic E-state index is 13.1. The molecule has 0 radical (unpaired) electrons. The monoisotopic (exact) mass is 454 g/mol. The summed E-state index contributed by atoms with van der Waals surface area (Å²) in [5, 5.41) is 7.86. The van der Waals surface area contributed by atoms with E-state index in [1.165, 1.54) is 5.56 Å². The van der Waals surface area contributed by atoms with Crippen molar-refractivity contribution in [2.24, 2.45) is 11.3 Å². The fourth-order valence-electron chi connectivity index (χ4n) is 3.68. The van der Waals surface area contributed by atoms with Crippen molar-refractivity contribution in [3.63, 3.8) is 0 Å². The minimum Gasteiger partial charge on any atom is -0.333 e. The summed E-state index contributed by atoms with van der Waals surface area (Å²) in [6.45, 7) is 21.2.